The highest BCUT2D eigenvalue weighted by Crippen LogP contribution is 2.38. The Morgan fingerprint density at radius 3 is 1.08 bits per heavy atom. The zero-order valence-electron chi connectivity index (χ0n) is 27.2. The molecule has 0 bridgehead atoms. The minimum Gasteiger partial charge on any atom is -0.300 e. The standard InChI is InChI=1S/C35H66O/c1-15-19-25(7)27(9)29(11)31(13)34(23(5)17-3)21-33(36)22-35(24(6)18-4)32(14)30(12)28(10)26(8)20-16-2/h23-26,31-32,34-35H,15-22H2,1-14H3. The molecular weight excluding hydrogens is 436 g/mol. The van der Waals surface area contributed by atoms with Gasteiger partial charge in [-0.25, -0.2) is 0 Å². The summed E-state index contributed by atoms with van der Waals surface area (Å²) >= 11 is 0. The molecule has 0 aromatic heterocycles. The molecule has 0 amide bonds. The van der Waals surface area contributed by atoms with Crippen molar-refractivity contribution >= 4 is 5.78 Å². The summed E-state index contributed by atoms with van der Waals surface area (Å²) < 4.78 is 0. The molecule has 36 heavy (non-hydrogen) atoms. The number of hydrogen-bond donors (Lipinski definition) is 0. The molecule has 0 heterocycles. The van der Waals surface area contributed by atoms with Gasteiger partial charge in [0.2, 0.25) is 0 Å². The van der Waals surface area contributed by atoms with Gasteiger partial charge in [-0.2, -0.15) is 0 Å². The molecule has 0 aliphatic heterocycles. The van der Waals surface area contributed by atoms with Gasteiger partial charge in [-0.1, -0.05) is 117 Å². The quantitative estimate of drug-likeness (QED) is 0.170. The number of ketones is 1. The van der Waals surface area contributed by atoms with Crippen molar-refractivity contribution in [3.63, 3.8) is 0 Å². The third-order valence-corrected chi connectivity index (χ3v) is 10.5. The van der Waals surface area contributed by atoms with Crippen molar-refractivity contribution < 1.29 is 4.79 Å². The Bertz CT molecular complexity index is 637. The monoisotopic (exact) mass is 503 g/mol. The third-order valence-electron chi connectivity index (χ3n) is 10.5. The molecule has 8 unspecified atom stereocenters. The van der Waals surface area contributed by atoms with Crippen LogP contribution in [0, 0.1) is 47.3 Å². The zero-order chi connectivity index (χ0) is 28.2. The molecule has 0 aromatic carbocycles. The predicted octanol–water partition coefficient (Wildman–Crippen LogP) is 11.5. The topological polar surface area (TPSA) is 17.1 Å². The first-order chi connectivity index (χ1) is 16.8. The Morgan fingerprint density at radius 1 is 0.528 bits per heavy atom. The normalized spacial score (nSPS) is 20.4. The molecule has 0 aliphatic carbocycles. The van der Waals surface area contributed by atoms with Crippen LogP contribution in [0.25, 0.3) is 0 Å². The number of carbonyl (C=O) groups is 1. The van der Waals surface area contributed by atoms with Crippen LogP contribution in [0.2, 0.25) is 0 Å². The fourth-order valence-corrected chi connectivity index (χ4v) is 6.39. The first-order valence-electron chi connectivity index (χ1n) is 15.6. The van der Waals surface area contributed by atoms with E-state index in [0.29, 0.717) is 53.1 Å². The molecular formula is C35H66O. The van der Waals surface area contributed by atoms with E-state index < -0.39 is 0 Å². The minimum atomic E-state index is 0.433. The number of allylic oxidation sites excluding steroid dienone is 4. The number of carbonyl (C=O) groups excluding carboxylic acids is 1. The Labute approximate surface area is 228 Å². The Morgan fingerprint density at radius 2 is 0.833 bits per heavy atom. The maximum absolute atomic E-state index is 13.7. The van der Waals surface area contributed by atoms with Crippen molar-refractivity contribution in [3.8, 4) is 0 Å². The molecule has 0 N–H and O–H groups in total. The second-order valence-corrected chi connectivity index (χ2v) is 12.7. The van der Waals surface area contributed by atoms with E-state index in [4.69, 9.17) is 0 Å². The zero-order valence-corrected chi connectivity index (χ0v) is 27.2. The average molecular weight is 503 g/mol. The van der Waals surface area contributed by atoms with Gasteiger partial charge in [0.15, 0.2) is 0 Å². The molecule has 0 saturated carbocycles. The fourth-order valence-electron chi connectivity index (χ4n) is 6.39. The smallest absolute Gasteiger partial charge is 0.133 e. The first kappa shape index (κ1) is 35.2. The van der Waals surface area contributed by atoms with Gasteiger partial charge in [0, 0.05) is 12.8 Å². The van der Waals surface area contributed by atoms with Crippen molar-refractivity contribution in [1.82, 2.24) is 0 Å². The lowest BCUT2D eigenvalue weighted by Gasteiger charge is -2.34. The molecule has 1 nitrogen and oxygen atoms in total. The minimum absolute atomic E-state index is 0.433. The van der Waals surface area contributed by atoms with Gasteiger partial charge in [-0.3, -0.25) is 4.79 Å². The van der Waals surface area contributed by atoms with Gasteiger partial charge in [0.25, 0.3) is 0 Å². The van der Waals surface area contributed by atoms with Crippen molar-refractivity contribution in [3.05, 3.63) is 22.3 Å². The van der Waals surface area contributed by atoms with Gasteiger partial charge in [0.1, 0.15) is 5.78 Å². The van der Waals surface area contributed by atoms with Crippen LogP contribution in [0.5, 0.6) is 0 Å². The SMILES string of the molecule is CCCC(C)C(C)=C(C)C(C)C(CC(=O)CC(C(C)CC)C(C)C(C)=C(C)C(C)CCC)C(C)CC. The maximum atomic E-state index is 13.7. The second kappa shape index (κ2) is 17.6. The van der Waals surface area contributed by atoms with E-state index >= 15 is 0 Å². The molecule has 0 fully saturated rings. The van der Waals surface area contributed by atoms with Crippen LogP contribution in [0.1, 0.15) is 148 Å². The number of Topliss-reactive ketones (excluding diaryl/α,β-unsaturated/α-hetero) is 1. The van der Waals surface area contributed by atoms with Crippen molar-refractivity contribution in [2.45, 2.75) is 148 Å². The van der Waals surface area contributed by atoms with Gasteiger partial charge < -0.3 is 0 Å². The molecule has 0 saturated heterocycles. The molecule has 0 radical (unpaired) electrons. The van der Waals surface area contributed by atoms with E-state index in [0.717, 1.165) is 25.7 Å². The summed E-state index contributed by atoms with van der Waals surface area (Å²) in [6.45, 7) is 32.7. The Balaban J connectivity index is 5.89. The second-order valence-electron chi connectivity index (χ2n) is 12.7. The van der Waals surface area contributed by atoms with Gasteiger partial charge in [0.05, 0.1) is 0 Å². The van der Waals surface area contributed by atoms with Crippen molar-refractivity contribution in [1.29, 1.82) is 0 Å². The van der Waals surface area contributed by atoms with Crippen LogP contribution in [0.3, 0.4) is 0 Å². The van der Waals surface area contributed by atoms with E-state index in [1.54, 1.807) is 11.1 Å². The van der Waals surface area contributed by atoms with E-state index in [1.165, 1.54) is 36.8 Å². The molecule has 0 aliphatic rings. The molecule has 0 rings (SSSR count). The predicted molar refractivity (Wildman–Crippen MR) is 163 cm³/mol. The lowest BCUT2D eigenvalue weighted by atomic mass is 9.70. The van der Waals surface area contributed by atoms with Crippen LogP contribution in [-0.4, -0.2) is 5.78 Å². The first-order valence-corrected chi connectivity index (χ1v) is 15.6. The van der Waals surface area contributed by atoms with Gasteiger partial charge in [-0.15, -0.1) is 0 Å². The van der Waals surface area contributed by atoms with Gasteiger partial charge >= 0.3 is 0 Å². The highest BCUT2D eigenvalue weighted by molar-refractivity contribution is 5.79. The lowest BCUT2D eigenvalue weighted by molar-refractivity contribution is -0.122. The maximum Gasteiger partial charge on any atom is 0.133 e. The summed E-state index contributed by atoms with van der Waals surface area (Å²) in [5, 5.41) is 0. The highest BCUT2D eigenvalue weighted by Gasteiger charge is 2.31. The van der Waals surface area contributed by atoms with E-state index in [-0.39, 0.29) is 0 Å². The van der Waals surface area contributed by atoms with E-state index in [1.807, 2.05) is 0 Å². The fraction of sp³-hybridized carbons (Fsp3) is 0.857. The summed E-state index contributed by atoms with van der Waals surface area (Å²) in [6, 6.07) is 0. The molecule has 0 spiro atoms. The van der Waals surface area contributed by atoms with Gasteiger partial charge in [-0.05, 0) is 87.9 Å². The van der Waals surface area contributed by atoms with Crippen LogP contribution in [0.4, 0.5) is 0 Å². The molecule has 212 valence electrons. The number of rotatable bonds is 18. The Kier molecular flexibility index (Phi) is 17.2. The van der Waals surface area contributed by atoms with Crippen molar-refractivity contribution in [2.75, 3.05) is 0 Å². The Hall–Kier alpha value is -0.850. The average Bonchev–Trinajstić information content (AvgIpc) is 2.86. The lowest BCUT2D eigenvalue weighted by Crippen LogP contribution is -2.28. The summed E-state index contributed by atoms with van der Waals surface area (Å²) in [4.78, 5) is 13.7. The summed E-state index contributed by atoms with van der Waals surface area (Å²) in [5.41, 5.74) is 6.16. The van der Waals surface area contributed by atoms with Crippen LogP contribution < -0.4 is 0 Å². The van der Waals surface area contributed by atoms with E-state index in [2.05, 4.69) is 96.9 Å². The van der Waals surface area contributed by atoms with Crippen LogP contribution in [-0.2, 0) is 4.79 Å². The summed E-state index contributed by atoms with van der Waals surface area (Å²) in [7, 11) is 0. The molecule has 0 aromatic rings. The third kappa shape index (κ3) is 10.5. The largest absolute Gasteiger partial charge is 0.300 e. The highest BCUT2D eigenvalue weighted by atomic mass is 16.1. The summed E-state index contributed by atoms with van der Waals surface area (Å²) in [6.07, 6.45) is 8.70. The number of hydrogen-bond acceptors (Lipinski definition) is 1. The van der Waals surface area contributed by atoms with Crippen molar-refractivity contribution in [2.24, 2.45) is 47.3 Å². The molecule has 1 heteroatoms. The van der Waals surface area contributed by atoms with Crippen LogP contribution in [0.15, 0.2) is 22.3 Å². The van der Waals surface area contributed by atoms with E-state index in [9.17, 15) is 4.79 Å². The molecule has 8 atom stereocenters. The summed E-state index contributed by atoms with van der Waals surface area (Å²) in [5.74, 6) is 4.66. The van der Waals surface area contributed by atoms with Crippen LogP contribution >= 0.6 is 0 Å².